The Balaban J connectivity index is 1.31. The van der Waals surface area contributed by atoms with E-state index in [0.29, 0.717) is 5.92 Å². The number of hydrogen-bond donors (Lipinski definition) is 0. The summed E-state index contributed by atoms with van der Waals surface area (Å²) in [5.74, 6) is 0.681. The molecular formula is C40H32. The van der Waals surface area contributed by atoms with Crippen molar-refractivity contribution in [2.45, 2.75) is 32.1 Å². The Morgan fingerprint density at radius 1 is 0.500 bits per heavy atom. The largest absolute Gasteiger partial charge is 0.0839 e. The van der Waals surface area contributed by atoms with Crippen molar-refractivity contribution in [1.29, 1.82) is 0 Å². The Kier molecular flexibility index (Phi) is 5.66. The highest BCUT2D eigenvalue weighted by molar-refractivity contribution is 6.16. The summed E-state index contributed by atoms with van der Waals surface area (Å²) in [7, 11) is 0. The molecular weight excluding hydrogens is 480 g/mol. The second-order valence-corrected chi connectivity index (χ2v) is 11.5. The van der Waals surface area contributed by atoms with Crippen LogP contribution in [0.1, 0.15) is 48.8 Å². The molecule has 0 aromatic heterocycles. The molecule has 5 aromatic rings. The Hall–Kier alpha value is -4.42. The lowest BCUT2D eigenvalue weighted by Gasteiger charge is -2.28. The lowest BCUT2D eigenvalue weighted by Crippen LogP contribution is -2.10. The van der Waals surface area contributed by atoms with Gasteiger partial charge in [-0.1, -0.05) is 127 Å². The zero-order valence-electron chi connectivity index (χ0n) is 22.7. The summed E-state index contributed by atoms with van der Waals surface area (Å²) in [6.45, 7) is 0. The predicted octanol–water partition coefficient (Wildman–Crippen LogP) is 11.1. The molecule has 0 radical (unpaired) electrons. The third-order valence-electron chi connectivity index (χ3n) is 9.28. The van der Waals surface area contributed by atoms with Crippen LogP contribution in [0.4, 0.5) is 0 Å². The lowest BCUT2D eigenvalue weighted by molar-refractivity contribution is 0.572. The van der Waals surface area contributed by atoms with Gasteiger partial charge in [0.05, 0.1) is 0 Å². The van der Waals surface area contributed by atoms with E-state index in [4.69, 9.17) is 0 Å². The highest BCUT2D eigenvalue weighted by Crippen LogP contribution is 2.46. The highest BCUT2D eigenvalue weighted by atomic mass is 14.3. The SMILES string of the molecule is C1=CCC2CCC(c3c4ccccc4c(C4=CC=C(c5cccc6ccccc56)CC4)c4ccccc34)=CC2=C1. The standard InChI is InChI=1S/C40H32/c1-2-12-31-26-32(25-20-27(31)10-1)40-37-17-7-5-15-35(37)39(36-16-6-8-18-38(36)40)30-23-21-29(22-24-30)34-19-9-13-28-11-3-4-14-33(28)34/h1-9,11-19,21,23,26-27H,10,20,22,24-25H2. The van der Waals surface area contributed by atoms with Gasteiger partial charge in [-0.2, -0.15) is 0 Å². The van der Waals surface area contributed by atoms with Gasteiger partial charge in [0.15, 0.2) is 0 Å². The molecule has 5 aromatic carbocycles. The van der Waals surface area contributed by atoms with Crippen molar-refractivity contribution in [3.05, 3.63) is 150 Å². The maximum Gasteiger partial charge on any atom is -0.00667 e. The second-order valence-electron chi connectivity index (χ2n) is 11.5. The molecule has 40 heavy (non-hydrogen) atoms. The van der Waals surface area contributed by atoms with Gasteiger partial charge in [-0.3, -0.25) is 0 Å². The first kappa shape index (κ1) is 23.5. The van der Waals surface area contributed by atoms with E-state index in [1.165, 1.54) is 84.1 Å². The van der Waals surface area contributed by atoms with Crippen LogP contribution in [0.3, 0.4) is 0 Å². The molecule has 0 fully saturated rings. The van der Waals surface area contributed by atoms with Crippen molar-refractivity contribution in [2.24, 2.45) is 5.92 Å². The minimum Gasteiger partial charge on any atom is -0.0839 e. The van der Waals surface area contributed by atoms with Crippen molar-refractivity contribution in [1.82, 2.24) is 0 Å². The summed E-state index contributed by atoms with van der Waals surface area (Å²) in [5.41, 5.74) is 10.1. The lowest BCUT2D eigenvalue weighted by atomic mass is 9.76. The number of fused-ring (bicyclic) bond motifs is 4. The third-order valence-corrected chi connectivity index (χ3v) is 9.28. The molecule has 0 nitrogen and oxygen atoms in total. The van der Waals surface area contributed by atoms with Crippen LogP contribution in [-0.2, 0) is 0 Å². The molecule has 0 N–H and O–H groups in total. The van der Waals surface area contributed by atoms with E-state index >= 15 is 0 Å². The molecule has 0 amide bonds. The van der Waals surface area contributed by atoms with Crippen molar-refractivity contribution in [3.63, 3.8) is 0 Å². The van der Waals surface area contributed by atoms with Crippen LogP contribution < -0.4 is 0 Å². The fraction of sp³-hybridized carbons (Fsp3) is 0.150. The molecule has 192 valence electrons. The summed E-state index contributed by atoms with van der Waals surface area (Å²) < 4.78 is 0. The highest BCUT2D eigenvalue weighted by Gasteiger charge is 2.24. The van der Waals surface area contributed by atoms with E-state index in [0.717, 1.165) is 19.3 Å². The van der Waals surface area contributed by atoms with Crippen LogP contribution in [0, 0.1) is 5.92 Å². The first-order valence-electron chi connectivity index (χ1n) is 14.7. The van der Waals surface area contributed by atoms with Gasteiger partial charge >= 0.3 is 0 Å². The van der Waals surface area contributed by atoms with Crippen molar-refractivity contribution >= 4 is 49.0 Å². The van der Waals surface area contributed by atoms with E-state index in [1.807, 2.05) is 0 Å². The van der Waals surface area contributed by atoms with E-state index in [9.17, 15) is 0 Å². The number of rotatable bonds is 3. The van der Waals surface area contributed by atoms with E-state index < -0.39 is 0 Å². The molecule has 0 spiro atoms. The van der Waals surface area contributed by atoms with Gasteiger partial charge in [0.1, 0.15) is 0 Å². The molecule has 0 saturated heterocycles. The summed E-state index contributed by atoms with van der Waals surface area (Å²) in [5, 5.41) is 8.19. The summed E-state index contributed by atoms with van der Waals surface area (Å²) in [6.07, 6.45) is 19.8. The Morgan fingerprint density at radius 3 is 1.80 bits per heavy atom. The monoisotopic (exact) mass is 512 g/mol. The van der Waals surface area contributed by atoms with Gasteiger partial charge in [0.25, 0.3) is 0 Å². The summed E-state index contributed by atoms with van der Waals surface area (Å²) in [4.78, 5) is 0. The molecule has 0 aliphatic heterocycles. The van der Waals surface area contributed by atoms with Gasteiger partial charge in [-0.15, -0.1) is 0 Å². The maximum absolute atomic E-state index is 2.50. The van der Waals surface area contributed by atoms with E-state index in [2.05, 4.69) is 127 Å². The average Bonchev–Trinajstić information content (AvgIpc) is 3.03. The van der Waals surface area contributed by atoms with Crippen LogP contribution in [0.5, 0.6) is 0 Å². The van der Waals surface area contributed by atoms with Crippen LogP contribution >= 0.6 is 0 Å². The van der Waals surface area contributed by atoms with E-state index in [-0.39, 0.29) is 0 Å². The van der Waals surface area contributed by atoms with Gasteiger partial charge < -0.3 is 0 Å². The number of hydrogen-bond acceptors (Lipinski definition) is 0. The van der Waals surface area contributed by atoms with E-state index in [1.54, 1.807) is 0 Å². The number of allylic oxidation sites excluding steroid dienone is 10. The van der Waals surface area contributed by atoms with Gasteiger partial charge in [-0.05, 0) is 109 Å². The molecule has 8 rings (SSSR count). The van der Waals surface area contributed by atoms with Crippen molar-refractivity contribution < 1.29 is 0 Å². The molecule has 0 saturated carbocycles. The fourth-order valence-electron chi connectivity index (χ4n) is 7.34. The number of benzene rings is 5. The van der Waals surface area contributed by atoms with Crippen LogP contribution in [0.15, 0.2) is 133 Å². The van der Waals surface area contributed by atoms with Crippen LogP contribution in [-0.4, -0.2) is 0 Å². The van der Waals surface area contributed by atoms with Gasteiger partial charge in [0, 0.05) is 0 Å². The zero-order valence-corrected chi connectivity index (χ0v) is 22.7. The first-order chi connectivity index (χ1) is 19.8. The minimum absolute atomic E-state index is 0.681. The Bertz CT molecular complexity index is 1910. The Labute approximate surface area is 236 Å². The zero-order chi connectivity index (χ0) is 26.5. The molecule has 3 aliphatic carbocycles. The average molecular weight is 513 g/mol. The molecule has 0 heterocycles. The molecule has 1 unspecified atom stereocenters. The predicted molar refractivity (Wildman–Crippen MR) is 173 cm³/mol. The summed E-state index contributed by atoms with van der Waals surface area (Å²) in [6, 6.07) is 33.7. The minimum atomic E-state index is 0.681. The topological polar surface area (TPSA) is 0 Å². The van der Waals surface area contributed by atoms with Crippen molar-refractivity contribution in [3.8, 4) is 0 Å². The molecule has 0 bridgehead atoms. The molecule has 1 atom stereocenters. The van der Waals surface area contributed by atoms with Crippen LogP contribution in [0.25, 0.3) is 49.0 Å². The smallest absolute Gasteiger partial charge is 0.00667 e. The third kappa shape index (κ3) is 3.82. The summed E-state index contributed by atoms with van der Waals surface area (Å²) >= 11 is 0. The quantitative estimate of drug-likeness (QED) is 0.211. The fourth-order valence-corrected chi connectivity index (χ4v) is 7.34. The molecule has 3 aliphatic rings. The normalized spacial score (nSPS) is 18.8. The van der Waals surface area contributed by atoms with Gasteiger partial charge in [-0.25, -0.2) is 0 Å². The van der Waals surface area contributed by atoms with Gasteiger partial charge in [0.2, 0.25) is 0 Å². The molecule has 0 heteroatoms. The maximum atomic E-state index is 2.50. The van der Waals surface area contributed by atoms with Crippen molar-refractivity contribution in [2.75, 3.05) is 0 Å². The second kappa shape index (κ2) is 9.65. The first-order valence-corrected chi connectivity index (χ1v) is 14.7. The Morgan fingerprint density at radius 2 is 1.10 bits per heavy atom. The van der Waals surface area contributed by atoms with Crippen LogP contribution in [0.2, 0.25) is 0 Å².